The maximum Gasteiger partial charge on any atom is 0.410 e. The van der Waals surface area contributed by atoms with Gasteiger partial charge in [0.15, 0.2) is 0 Å². The number of likely N-dealkylation sites (N-methyl/N-ethyl adjacent to an activating group) is 3. The Balaban J connectivity index is 2.30. The number of rotatable bonds is 16. The number of carbonyl (C=O) groups is 5. The highest BCUT2D eigenvalue weighted by Gasteiger charge is 2.37. The van der Waals surface area contributed by atoms with Crippen molar-refractivity contribution in [2.45, 2.75) is 84.7 Å². The van der Waals surface area contributed by atoms with Crippen LogP contribution >= 0.6 is 0 Å². The Hall–Kier alpha value is -4.41. The average molecular weight is 639 g/mol. The molecular weight excluding hydrogens is 588 g/mol. The highest BCUT2D eigenvalue weighted by atomic mass is 16.6. The number of aliphatic carboxylic acids is 1. The molecule has 0 saturated carbocycles. The van der Waals surface area contributed by atoms with Gasteiger partial charge in [-0.3, -0.25) is 19.3 Å². The number of amides is 4. The molecule has 0 aliphatic carbocycles. The van der Waals surface area contributed by atoms with Crippen LogP contribution in [0.15, 0.2) is 60.7 Å². The van der Waals surface area contributed by atoms with Crippen LogP contribution in [0.2, 0.25) is 0 Å². The van der Waals surface area contributed by atoms with Gasteiger partial charge in [-0.25, -0.2) is 9.59 Å². The molecule has 4 atom stereocenters. The number of hydrogen-bond donors (Lipinski definition) is 2. The van der Waals surface area contributed by atoms with E-state index in [-0.39, 0.29) is 37.7 Å². The second-order valence-electron chi connectivity index (χ2n) is 12.6. The van der Waals surface area contributed by atoms with Crippen LogP contribution in [0.3, 0.4) is 0 Å². The average Bonchev–Trinajstić information content (AvgIpc) is 3.03. The first-order chi connectivity index (χ1) is 21.6. The molecule has 0 bridgehead atoms. The summed E-state index contributed by atoms with van der Waals surface area (Å²) in [7, 11) is 4.39. The van der Waals surface area contributed by atoms with Gasteiger partial charge in [0, 0.05) is 27.6 Å². The zero-order valence-electron chi connectivity index (χ0n) is 28.3. The van der Waals surface area contributed by atoms with Crippen LogP contribution < -0.4 is 5.32 Å². The molecule has 252 valence electrons. The van der Waals surface area contributed by atoms with Crippen LogP contribution in [0.1, 0.15) is 58.6 Å². The van der Waals surface area contributed by atoms with Gasteiger partial charge in [0.1, 0.15) is 30.8 Å². The smallest absolute Gasteiger partial charge is 0.410 e. The molecule has 4 amide bonds. The first-order valence-corrected chi connectivity index (χ1v) is 15.7. The van der Waals surface area contributed by atoms with Gasteiger partial charge in [-0.2, -0.15) is 0 Å². The van der Waals surface area contributed by atoms with E-state index in [1.165, 1.54) is 35.8 Å². The Morgan fingerprint density at radius 2 is 1.20 bits per heavy atom. The second kappa shape index (κ2) is 17.9. The Bertz CT molecular complexity index is 1300. The molecule has 2 rings (SSSR count). The van der Waals surface area contributed by atoms with Gasteiger partial charge in [0.2, 0.25) is 17.7 Å². The van der Waals surface area contributed by atoms with E-state index in [1.54, 1.807) is 6.92 Å². The summed E-state index contributed by atoms with van der Waals surface area (Å²) < 4.78 is 5.40. The van der Waals surface area contributed by atoms with Crippen LogP contribution in [-0.2, 0) is 36.9 Å². The zero-order valence-corrected chi connectivity index (χ0v) is 28.3. The van der Waals surface area contributed by atoms with Crippen molar-refractivity contribution in [3.63, 3.8) is 0 Å². The van der Waals surface area contributed by atoms with Crippen LogP contribution in [0.5, 0.6) is 0 Å². The molecule has 0 heterocycles. The number of nitrogens with one attached hydrogen (secondary N) is 1. The summed E-state index contributed by atoms with van der Waals surface area (Å²) in [5.74, 6) is -2.67. The summed E-state index contributed by atoms with van der Waals surface area (Å²) >= 11 is 0. The number of carboxylic acid groups (broad SMARTS) is 1. The van der Waals surface area contributed by atoms with Gasteiger partial charge in [-0.05, 0) is 42.7 Å². The molecule has 0 fully saturated rings. The van der Waals surface area contributed by atoms with Crippen LogP contribution in [0.4, 0.5) is 4.79 Å². The molecule has 2 aromatic carbocycles. The summed E-state index contributed by atoms with van der Waals surface area (Å²) in [5, 5.41) is 12.7. The SMILES string of the molecule is CC(C)C[C@H](NC(=O)[C@H](Cc1ccccc1)N(C)C(=O)[C@H](C)N(C)C(=O)OCc1ccccc1)C(=O)N(C)[C@@H](CC(C)C)C(=O)O. The van der Waals surface area contributed by atoms with Crippen molar-refractivity contribution in [3.05, 3.63) is 71.8 Å². The van der Waals surface area contributed by atoms with E-state index >= 15 is 0 Å². The molecule has 46 heavy (non-hydrogen) atoms. The number of benzene rings is 2. The van der Waals surface area contributed by atoms with Gasteiger partial charge >= 0.3 is 12.1 Å². The highest BCUT2D eigenvalue weighted by molar-refractivity contribution is 5.94. The number of carboxylic acids is 1. The molecule has 0 aromatic heterocycles. The van der Waals surface area contributed by atoms with Crippen molar-refractivity contribution >= 4 is 29.8 Å². The van der Waals surface area contributed by atoms with Gasteiger partial charge in [-0.15, -0.1) is 0 Å². The molecule has 0 saturated heterocycles. The maximum absolute atomic E-state index is 14.0. The fourth-order valence-electron chi connectivity index (χ4n) is 5.07. The lowest BCUT2D eigenvalue weighted by Crippen LogP contribution is -2.58. The Labute approximate surface area is 272 Å². The van der Waals surface area contributed by atoms with Crippen molar-refractivity contribution < 1.29 is 33.8 Å². The largest absolute Gasteiger partial charge is 0.480 e. The van der Waals surface area contributed by atoms with Gasteiger partial charge in [-0.1, -0.05) is 88.4 Å². The Morgan fingerprint density at radius 3 is 1.70 bits per heavy atom. The summed E-state index contributed by atoms with van der Waals surface area (Å²) in [6, 6.07) is 14.3. The van der Waals surface area contributed by atoms with Crippen LogP contribution in [0.25, 0.3) is 0 Å². The molecule has 2 aromatic rings. The minimum atomic E-state index is -1.12. The molecule has 2 N–H and O–H groups in total. The standard InChI is InChI=1S/C35H50N4O7/c1-23(2)19-28(33(42)39(8)30(34(43)44)20-24(3)4)36-31(40)29(21-26-15-11-9-12-16-26)38(7)32(41)25(5)37(6)35(45)46-22-27-17-13-10-14-18-27/h9-18,23-25,28-30H,19-22H2,1-8H3,(H,36,40)(H,43,44)/t25-,28-,29-,30-/m0/s1. The minimum absolute atomic E-state index is 0.00136. The molecule has 11 nitrogen and oxygen atoms in total. The fraction of sp³-hybridized carbons (Fsp3) is 0.514. The minimum Gasteiger partial charge on any atom is -0.480 e. The Kier molecular flexibility index (Phi) is 14.7. The van der Waals surface area contributed by atoms with E-state index in [0.717, 1.165) is 11.1 Å². The van der Waals surface area contributed by atoms with Gasteiger partial charge in [0.25, 0.3) is 0 Å². The third-order valence-corrected chi connectivity index (χ3v) is 7.94. The quantitative estimate of drug-likeness (QED) is 0.281. The molecule has 0 spiro atoms. The van der Waals surface area contributed by atoms with Crippen molar-refractivity contribution in [1.82, 2.24) is 20.0 Å². The maximum atomic E-state index is 14.0. The van der Waals surface area contributed by atoms with E-state index in [4.69, 9.17) is 4.74 Å². The lowest BCUT2D eigenvalue weighted by atomic mass is 9.98. The zero-order chi connectivity index (χ0) is 34.6. The molecule has 0 radical (unpaired) electrons. The molecular formula is C35H50N4O7. The van der Waals surface area contributed by atoms with E-state index < -0.39 is 54.0 Å². The van der Waals surface area contributed by atoms with E-state index in [1.807, 2.05) is 88.4 Å². The molecule has 0 aliphatic heterocycles. The monoisotopic (exact) mass is 638 g/mol. The van der Waals surface area contributed by atoms with Crippen molar-refractivity contribution in [1.29, 1.82) is 0 Å². The predicted octanol–water partition coefficient (Wildman–Crippen LogP) is 4.20. The summed E-state index contributed by atoms with van der Waals surface area (Å²) in [5.41, 5.74) is 1.59. The van der Waals surface area contributed by atoms with Gasteiger partial charge < -0.3 is 25.0 Å². The molecule has 11 heteroatoms. The fourth-order valence-corrected chi connectivity index (χ4v) is 5.07. The third-order valence-electron chi connectivity index (χ3n) is 7.94. The molecule has 0 aliphatic rings. The normalized spacial score (nSPS) is 13.7. The summed E-state index contributed by atoms with van der Waals surface area (Å²) in [6.45, 7) is 9.16. The van der Waals surface area contributed by atoms with E-state index in [2.05, 4.69) is 5.32 Å². The lowest BCUT2D eigenvalue weighted by Gasteiger charge is -2.34. The lowest BCUT2D eigenvalue weighted by molar-refractivity contribution is -0.151. The third kappa shape index (κ3) is 11.2. The number of hydrogen-bond acceptors (Lipinski definition) is 6. The summed E-state index contributed by atoms with van der Waals surface area (Å²) in [6.07, 6.45) is -0.0205. The number of ether oxygens (including phenoxy) is 1. The predicted molar refractivity (Wildman–Crippen MR) is 176 cm³/mol. The van der Waals surface area contributed by atoms with Crippen molar-refractivity contribution in [2.24, 2.45) is 11.8 Å². The topological polar surface area (TPSA) is 137 Å². The first kappa shape index (κ1) is 37.8. The number of nitrogens with zero attached hydrogens (tertiary/aromatic N) is 3. The van der Waals surface area contributed by atoms with Crippen LogP contribution in [-0.4, -0.2) is 94.9 Å². The van der Waals surface area contributed by atoms with E-state index in [9.17, 15) is 29.1 Å². The second-order valence-corrected chi connectivity index (χ2v) is 12.6. The van der Waals surface area contributed by atoms with Crippen molar-refractivity contribution in [2.75, 3.05) is 21.1 Å². The highest BCUT2D eigenvalue weighted by Crippen LogP contribution is 2.17. The van der Waals surface area contributed by atoms with Crippen LogP contribution in [0, 0.1) is 11.8 Å². The van der Waals surface area contributed by atoms with Gasteiger partial charge in [0.05, 0.1) is 0 Å². The first-order valence-electron chi connectivity index (χ1n) is 15.7. The summed E-state index contributed by atoms with van der Waals surface area (Å²) in [4.78, 5) is 69.9. The van der Waals surface area contributed by atoms with E-state index in [0.29, 0.717) is 0 Å². The molecule has 0 unspecified atom stereocenters. The Morgan fingerprint density at radius 1 is 0.696 bits per heavy atom. The van der Waals surface area contributed by atoms with Crippen molar-refractivity contribution in [3.8, 4) is 0 Å². The number of carbonyl (C=O) groups excluding carboxylic acids is 4.